The van der Waals surface area contributed by atoms with Gasteiger partial charge in [0.15, 0.2) is 0 Å². The molecule has 5 saturated heterocycles. The monoisotopic (exact) mass is 1490 g/mol. The molecule has 498 valence electrons. The number of aliphatic carboxylic acids is 1. The number of esters is 4. The lowest BCUT2D eigenvalue weighted by Gasteiger charge is -2.37. The smallest absolute Gasteiger partial charge is 0.319 e. The largest absolute Gasteiger partial charge is 0.481 e. The number of halogens is 2. The van der Waals surface area contributed by atoms with E-state index in [9.17, 15) is 33.9 Å². The molecular formula is C67H92ClIN2O13S6. The number of carbonyl (C=O) groups is 6. The summed E-state index contributed by atoms with van der Waals surface area (Å²) in [6.45, 7) is 15.4. The quantitative estimate of drug-likeness (QED) is 0.0287. The molecule has 0 saturated carbocycles. The molecule has 6 aromatic rings. The fraction of sp³-hybridized carbons (Fsp3) is 0.552. The van der Waals surface area contributed by atoms with Gasteiger partial charge in [0.1, 0.15) is 17.6 Å². The van der Waals surface area contributed by atoms with Gasteiger partial charge >= 0.3 is 29.8 Å². The molecule has 5 aliphatic rings. The molecular weight excluding hydrogens is 1400 g/mol. The van der Waals surface area contributed by atoms with Gasteiger partial charge in [-0.2, -0.15) is 0 Å². The summed E-state index contributed by atoms with van der Waals surface area (Å²) in [6, 6.07) is 25.4. The summed E-state index contributed by atoms with van der Waals surface area (Å²) in [4.78, 5) is 80.8. The summed E-state index contributed by atoms with van der Waals surface area (Å²) >= 11 is 16.7. The zero-order valence-corrected chi connectivity index (χ0v) is 61.3. The number of nitrogens with zero attached hydrogens (tertiary/aromatic N) is 2. The van der Waals surface area contributed by atoms with Gasteiger partial charge < -0.3 is 43.7 Å². The number of rotatable bonds is 17. The Morgan fingerprint density at radius 1 is 0.589 bits per heavy atom. The SMILES string of the molecule is C1CCOC1.CC(C(=O)Cl)c1cccs1.CC(C(=O)O)c1cccs1.CC(C(=O)OC1CC2CCC(C1)N2C)c1cccs1.CCOC(=O)C(C)c1cccs1.CCOC(=O)Cc1cccs1.CI.CN1C2CCC1CC(OC(=O)C(C)(CO)c1cccs1)C2. The van der Waals surface area contributed by atoms with Crippen molar-refractivity contribution in [3.05, 3.63) is 134 Å². The number of hydrogen-bond donors (Lipinski definition) is 2. The number of aliphatic hydroxyl groups excluding tert-OH is 1. The van der Waals surface area contributed by atoms with E-state index in [0.717, 1.165) is 68.2 Å². The number of piperidine rings is 2. The molecule has 2 N–H and O–H groups in total. The standard InChI is InChI=1S/C16H23NO3S.C15H21NO2S.C9H12O2S.C8H10O2S.C7H7ClOS.C7H8O2S.C4H8O.CH3I/c1-16(10-18,14-4-3-7-21-14)15(19)20-13-8-11-5-6-12(9-13)17(11)2;1-10(14-4-3-7-19-14)15(17)18-13-8-11-5-6-12(9-13)16(11)2;1-3-11-9(10)7(2)8-5-4-6-12-8;1-2-10-8(9)6-7-4-3-5-11-7;2*1-5(7(8)9)6-3-2-4-10-6;1-2-4-5-3-1;1-2/h3-4,7,11-13,18H,5-6,8-10H2,1-2H3;3-4,7,10-13H,5-6,8-9H2,1-2H3;4-7H,3H2,1-2H3;3-5H,2,6H2,1H3;2-5H,1H3;2-5H,1H3,(H,8,9);1-4H2;1H3. The first-order chi connectivity index (χ1) is 43.2. The minimum atomic E-state index is -0.934. The molecule has 0 spiro atoms. The summed E-state index contributed by atoms with van der Waals surface area (Å²) in [6.07, 6.45) is 11.9. The molecule has 9 atom stereocenters. The minimum absolute atomic E-state index is 0.00274. The zero-order valence-electron chi connectivity index (χ0n) is 53.5. The molecule has 0 aromatic carbocycles. The molecule has 9 unspecified atom stereocenters. The van der Waals surface area contributed by atoms with Gasteiger partial charge in [-0.25, -0.2) is 0 Å². The number of ether oxygens (including phenoxy) is 5. The van der Waals surface area contributed by atoms with Crippen LogP contribution in [0.25, 0.3) is 0 Å². The molecule has 5 aliphatic heterocycles. The second kappa shape index (κ2) is 42.4. The van der Waals surface area contributed by atoms with Crippen molar-refractivity contribution < 1.29 is 62.7 Å². The Morgan fingerprint density at radius 2 is 0.989 bits per heavy atom. The number of carboxylic acids is 1. The van der Waals surface area contributed by atoms with Gasteiger partial charge in [-0.3, -0.25) is 28.8 Å². The fourth-order valence-corrected chi connectivity index (χ4v) is 15.3. The number of alkyl halides is 1. The summed E-state index contributed by atoms with van der Waals surface area (Å²) in [5, 5.41) is 29.7. The van der Waals surface area contributed by atoms with Crippen molar-refractivity contribution in [2.45, 2.75) is 185 Å². The summed E-state index contributed by atoms with van der Waals surface area (Å²) in [7, 11) is 4.37. The van der Waals surface area contributed by atoms with E-state index in [0.29, 0.717) is 43.8 Å². The minimum Gasteiger partial charge on any atom is -0.481 e. The Labute approximate surface area is 575 Å². The second-order valence-corrected chi connectivity index (χ2v) is 28.6. The molecule has 90 heavy (non-hydrogen) atoms. The first-order valence-electron chi connectivity index (χ1n) is 30.6. The molecule has 6 aromatic heterocycles. The highest BCUT2D eigenvalue weighted by atomic mass is 127. The fourth-order valence-electron chi connectivity index (χ4n) is 10.5. The predicted octanol–water partition coefficient (Wildman–Crippen LogP) is 15.9. The maximum absolute atomic E-state index is 12.6. The van der Waals surface area contributed by atoms with Crippen LogP contribution in [0.4, 0.5) is 0 Å². The van der Waals surface area contributed by atoms with Crippen molar-refractivity contribution in [2.24, 2.45) is 0 Å². The first-order valence-corrected chi connectivity index (χ1v) is 38.4. The van der Waals surface area contributed by atoms with Gasteiger partial charge in [0.25, 0.3) is 0 Å². The Bertz CT molecular complexity index is 2820. The molecule has 4 bridgehead atoms. The van der Waals surface area contributed by atoms with Crippen molar-refractivity contribution in [2.75, 3.05) is 52.1 Å². The molecule has 0 amide bonds. The maximum atomic E-state index is 12.6. The van der Waals surface area contributed by atoms with Crippen molar-refractivity contribution in [1.82, 2.24) is 9.80 Å². The Morgan fingerprint density at radius 3 is 1.34 bits per heavy atom. The van der Waals surface area contributed by atoms with Gasteiger partial charge in [0.05, 0.1) is 49.9 Å². The topological polar surface area (TPSA) is 196 Å². The van der Waals surface area contributed by atoms with Gasteiger partial charge in [0, 0.05) is 66.6 Å². The van der Waals surface area contributed by atoms with E-state index in [4.69, 9.17) is 40.4 Å². The number of hydrogen-bond acceptors (Lipinski definition) is 20. The molecule has 11 rings (SSSR count). The molecule has 15 nitrogen and oxygen atoms in total. The summed E-state index contributed by atoms with van der Waals surface area (Å²) < 4.78 is 26.2. The molecule has 23 heteroatoms. The van der Waals surface area contributed by atoms with Crippen molar-refractivity contribution >= 4 is 137 Å². The van der Waals surface area contributed by atoms with Crippen LogP contribution >= 0.6 is 102 Å². The number of fused-ring (bicyclic) bond motifs is 4. The van der Waals surface area contributed by atoms with Crippen LogP contribution in [-0.4, -0.2) is 144 Å². The Kier molecular flexibility index (Phi) is 37.0. The zero-order chi connectivity index (χ0) is 66.2. The van der Waals surface area contributed by atoms with Crippen LogP contribution in [-0.2, 0) is 64.3 Å². The predicted molar refractivity (Wildman–Crippen MR) is 377 cm³/mol. The Balaban J connectivity index is 0.000000231. The second-order valence-electron chi connectivity index (χ2n) is 22.3. The van der Waals surface area contributed by atoms with Crippen LogP contribution < -0.4 is 0 Å². The van der Waals surface area contributed by atoms with Gasteiger partial charge in [-0.1, -0.05) is 59.0 Å². The maximum Gasteiger partial charge on any atom is 0.319 e. The number of carbonyl (C=O) groups excluding carboxylic acids is 5. The summed E-state index contributed by atoms with van der Waals surface area (Å²) in [5.41, 5.74) is -0.934. The average Bonchev–Trinajstić information content (AvgIpc) is 1.82. The van der Waals surface area contributed by atoms with Crippen LogP contribution in [0.2, 0.25) is 0 Å². The van der Waals surface area contributed by atoms with Crippen LogP contribution in [0, 0.1) is 0 Å². The number of thiophene rings is 6. The molecule has 0 aliphatic carbocycles. The number of carboxylic acid groups (broad SMARTS) is 1. The van der Waals surface area contributed by atoms with Gasteiger partial charge in [-0.05, 0) is 212 Å². The Hall–Kier alpha value is -3.92. The van der Waals surface area contributed by atoms with Crippen LogP contribution in [0.5, 0.6) is 0 Å². The van der Waals surface area contributed by atoms with Gasteiger partial charge in [-0.15, -0.1) is 68.0 Å². The lowest BCUT2D eigenvalue weighted by atomic mass is 9.89. The van der Waals surface area contributed by atoms with Crippen molar-refractivity contribution in [3.8, 4) is 0 Å². The van der Waals surface area contributed by atoms with Crippen molar-refractivity contribution in [3.63, 3.8) is 0 Å². The highest BCUT2D eigenvalue weighted by molar-refractivity contribution is 14.1. The highest BCUT2D eigenvalue weighted by Gasteiger charge is 2.44. The van der Waals surface area contributed by atoms with E-state index in [-0.39, 0.29) is 71.6 Å². The lowest BCUT2D eigenvalue weighted by molar-refractivity contribution is -0.160. The van der Waals surface area contributed by atoms with E-state index >= 15 is 0 Å². The number of aliphatic hydroxyl groups is 1. The normalized spacial score (nSPS) is 21.3. The van der Waals surface area contributed by atoms with Crippen LogP contribution in [0.1, 0.15) is 166 Å². The van der Waals surface area contributed by atoms with E-state index < -0.39 is 11.4 Å². The third-order valence-electron chi connectivity index (χ3n) is 16.1. The highest BCUT2D eigenvalue weighted by Crippen LogP contribution is 2.39. The first kappa shape index (κ1) is 78.5. The van der Waals surface area contributed by atoms with E-state index in [1.807, 2.05) is 138 Å². The van der Waals surface area contributed by atoms with E-state index in [1.165, 1.54) is 61.2 Å². The van der Waals surface area contributed by atoms with E-state index in [1.54, 1.807) is 66.1 Å². The van der Waals surface area contributed by atoms with Crippen LogP contribution in [0.15, 0.2) is 105 Å². The average molecular weight is 1490 g/mol. The lowest BCUT2D eigenvalue weighted by Crippen LogP contribution is -2.46. The van der Waals surface area contributed by atoms with Crippen molar-refractivity contribution in [1.29, 1.82) is 0 Å². The van der Waals surface area contributed by atoms with Gasteiger partial charge in [0.2, 0.25) is 5.24 Å². The summed E-state index contributed by atoms with van der Waals surface area (Å²) in [5.74, 6) is -2.15. The van der Waals surface area contributed by atoms with Crippen LogP contribution in [0.3, 0.4) is 0 Å². The molecule has 0 radical (unpaired) electrons. The van der Waals surface area contributed by atoms with E-state index in [2.05, 4.69) is 46.5 Å². The molecule has 5 fully saturated rings. The third-order valence-corrected chi connectivity index (χ3v) is 22.7. The third kappa shape index (κ3) is 25.8. The molecule has 11 heterocycles.